The third-order valence-corrected chi connectivity index (χ3v) is 9.98. The molecule has 6 unspecified atom stereocenters. The number of hydrogen-bond donors (Lipinski definition) is 4. The zero-order chi connectivity index (χ0) is 37.5. The van der Waals surface area contributed by atoms with Crippen molar-refractivity contribution in [2.45, 2.75) is 76.5 Å². The van der Waals surface area contributed by atoms with Crippen LogP contribution in [0.3, 0.4) is 0 Å². The van der Waals surface area contributed by atoms with Crippen LogP contribution in [0.15, 0.2) is 47.7 Å². The van der Waals surface area contributed by atoms with Crippen molar-refractivity contribution >= 4 is 17.9 Å². The van der Waals surface area contributed by atoms with Crippen molar-refractivity contribution in [3.8, 4) is 11.5 Å². The van der Waals surface area contributed by atoms with Gasteiger partial charge in [-0.3, -0.25) is 4.90 Å². The molecule has 3 aliphatic rings. The fourth-order valence-electron chi connectivity index (χ4n) is 7.96. The van der Waals surface area contributed by atoms with Gasteiger partial charge in [-0.15, -0.1) is 6.58 Å². The van der Waals surface area contributed by atoms with E-state index in [2.05, 4.69) is 23.1 Å². The molecular formula is C38H57N3O11. The van der Waals surface area contributed by atoms with E-state index in [0.29, 0.717) is 43.2 Å². The first-order valence-corrected chi connectivity index (χ1v) is 18.5. The molecule has 0 spiro atoms. The highest BCUT2D eigenvalue weighted by atomic mass is 16.7. The number of nitrogens with one attached hydrogen (secondary N) is 1. The van der Waals surface area contributed by atoms with Crippen LogP contribution in [0.5, 0.6) is 11.5 Å². The first kappa shape index (κ1) is 41.1. The first-order chi connectivity index (χ1) is 25.3. The van der Waals surface area contributed by atoms with E-state index in [1.165, 1.54) is 7.11 Å². The second-order valence-electron chi connectivity index (χ2n) is 13.1. The topological polar surface area (TPSA) is 178 Å². The Morgan fingerprint density at radius 2 is 1.87 bits per heavy atom. The minimum Gasteiger partial charge on any atom is -0.459 e. The Labute approximate surface area is 306 Å². The lowest BCUT2D eigenvalue weighted by molar-refractivity contribution is -0.255. The number of amides is 2. The Balaban J connectivity index is 2.01. The van der Waals surface area contributed by atoms with Gasteiger partial charge in [-0.05, 0) is 75.1 Å². The number of benzene rings is 1. The van der Waals surface area contributed by atoms with E-state index >= 15 is 0 Å². The summed E-state index contributed by atoms with van der Waals surface area (Å²) < 4.78 is 30.6. The number of nitrogens with zero attached hydrogens (tertiary/aromatic N) is 2. The molecule has 1 aromatic carbocycles. The van der Waals surface area contributed by atoms with Gasteiger partial charge in [0.05, 0.1) is 45.2 Å². The van der Waals surface area contributed by atoms with Crippen LogP contribution in [0.1, 0.15) is 70.3 Å². The van der Waals surface area contributed by atoms with Gasteiger partial charge in [0.1, 0.15) is 24.1 Å². The van der Waals surface area contributed by atoms with Crippen molar-refractivity contribution in [1.29, 1.82) is 0 Å². The van der Waals surface area contributed by atoms with Crippen molar-refractivity contribution in [3.05, 3.63) is 48.1 Å². The number of carbonyl (C=O) groups excluding carboxylic acids is 2. The number of carbonyl (C=O) groups is 2. The second kappa shape index (κ2) is 20.5. The van der Waals surface area contributed by atoms with Gasteiger partial charge in [-0.2, -0.15) is 0 Å². The molecule has 1 aromatic rings. The lowest BCUT2D eigenvalue weighted by Crippen LogP contribution is -2.70. The summed E-state index contributed by atoms with van der Waals surface area (Å²) in [4.78, 5) is 33.5. The molecule has 0 radical (unpaired) electrons. The van der Waals surface area contributed by atoms with Crippen LogP contribution in [0.4, 0.5) is 9.59 Å². The van der Waals surface area contributed by atoms with Crippen molar-refractivity contribution in [2.24, 2.45) is 22.9 Å². The average molecular weight is 732 g/mol. The van der Waals surface area contributed by atoms with E-state index in [-0.39, 0.29) is 70.4 Å². The van der Waals surface area contributed by atoms with Gasteiger partial charge in [0.25, 0.3) is 0 Å². The number of methoxy groups -OCH3 is 1. The summed E-state index contributed by atoms with van der Waals surface area (Å²) in [6, 6.07) is 4.51. The Hall–Kier alpha value is -3.69. The van der Waals surface area contributed by atoms with Crippen molar-refractivity contribution in [1.82, 2.24) is 10.2 Å². The van der Waals surface area contributed by atoms with E-state index in [4.69, 9.17) is 28.5 Å². The molecule has 1 saturated carbocycles. The van der Waals surface area contributed by atoms with Crippen LogP contribution in [0, 0.1) is 17.8 Å². The molecule has 0 bridgehead atoms. The molecule has 290 valence electrons. The van der Waals surface area contributed by atoms with E-state index in [0.717, 1.165) is 36.8 Å². The molecule has 1 fully saturated rings. The number of unbranched alkanes of at least 4 members (excludes halogenated alkanes) is 2. The summed E-state index contributed by atoms with van der Waals surface area (Å²) >= 11 is 0. The number of hydrogen-bond acceptors (Lipinski definition) is 12. The Kier molecular flexibility index (Phi) is 16.2. The highest BCUT2D eigenvalue weighted by Gasteiger charge is 2.65. The second-order valence-corrected chi connectivity index (χ2v) is 13.1. The maximum absolute atomic E-state index is 13.7. The van der Waals surface area contributed by atoms with Gasteiger partial charge in [0, 0.05) is 44.2 Å². The van der Waals surface area contributed by atoms with Crippen LogP contribution in [0.25, 0.3) is 0 Å². The lowest BCUT2D eigenvalue weighted by atomic mass is 9.55. The fraction of sp³-hybridized carbons (Fsp3) is 0.658. The molecule has 1 heterocycles. The number of oxime groups is 1. The minimum absolute atomic E-state index is 0.000347. The molecule has 14 nitrogen and oxygen atoms in total. The number of rotatable bonds is 21. The van der Waals surface area contributed by atoms with Crippen molar-refractivity contribution in [3.63, 3.8) is 0 Å². The van der Waals surface area contributed by atoms with Crippen LogP contribution < -0.4 is 14.8 Å². The van der Waals surface area contributed by atoms with Crippen molar-refractivity contribution < 1.29 is 53.4 Å². The maximum atomic E-state index is 13.7. The highest BCUT2D eigenvalue weighted by Crippen LogP contribution is 2.61. The predicted molar refractivity (Wildman–Crippen MR) is 193 cm³/mol. The van der Waals surface area contributed by atoms with Crippen LogP contribution >= 0.6 is 0 Å². The Bertz CT molecular complexity index is 1390. The van der Waals surface area contributed by atoms with Gasteiger partial charge in [0.2, 0.25) is 5.79 Å². The number of allylic oxidation sites excluding steroid dienone is 1. The standard InChI is InChI=1S/C38H57N3O11/c1-5-20-49-38-33(41(37(46)47-4)16-21-48-22-19-44)25-31(40-50-7-3)29-23-26(12-8-10-17-42)28(13-9-11-18-43)34(35(29)38)30-24-27(14-15-32(30)52-38)51-36(45)39-6-2/h5,14-15,23-24,26,28,33-35,42-44H,1,6-13,16-22,25H2,2-4H3,(H,39,45). The smallest absolute Gasteiger partial charge is 0.412 e. The number of ether oxygens (including phenoxy) is 5. The third-order valence-electron chi connectivity index (χ3n) is 9.98. The largest absolute Gasteiger partial charge is 0.459 e. The minimum atomic E-state index is -1.47. The molecule has 1 aliphatic heterocycles. The number of aliphatic hydroxyl groups excluding tert-OH is 3. The zero-order valence-electron chi connectivity index (χ0n) is 30.8. The number of aliphatic hydroxyl groups is 3. The zero-order valence-corrected chi connectivity index (χ0v) is 30.8. The predicted octanol–water partition coefficient (Wildman–Crippen LogP) is 4.53. The summed E-state index contributed by atoms with van der Waals surface area (Å²) in [6.07, 6.45) is 7.29. The molecule has 2 amide bonds. The molecule has 6 atom stereocenters. The van der Waals surface area contributed by atoms with Crippen molar-refractivity contribution in [2.75, 3.05) is 66.4 Å². The Morgan fingerprint density at radius 1 is 1.10 bits per heavy atom. The molecule has 4 rings (SSSR count). The number of fused-ring (bicyclic) bond motifs is 2. The summed E-state index contributed by atoms with van der Waals surface area (Å²) in [5.74, 6) is -1.37. The van der Waals surface area contributed by atoms with Gasteiger partial charge in [0.15, 0.2) is 0 Å². The molecule has 0 aromatic heterocycles. The summed E-state index contributed by atoms with van der Waals surface area (Å²) in [5.41, 5.74) is 2.35. The highest BCUT2D eigenvalue weighted by molar-refractivity contribution is 6.03. The van der Waals surface area contributed by atoms with E-state index in [1.54, 1.807) is 23.1 Å². The SMILES string of the molecule is C=CCOC12Oc3ccc(OC(=O)NCC)cc3C3C(CCCCO)C(CCCCO)C=C(C(=NOCC)CC1N(CCOCCO)C(=O)OC)C32. The summed E-state index contributed by atoms with van der Waals surface area (Å²) in [5, 5.41) is 36.2. The summed E-state index contributed by atoms with van der Waals surface area (Å²) in [7, 11) is 1.31. The van der Waals surface area contributed by atoms with E-state index in [1.807, 2.05) is 19.9 Å². The maximum Gasteiger partial charge on any atom is 0.412 e. The third kappa shape index (κ3) is 9.45. The lowest BCUT2D eigenvalue weighted by Gasteiger charge is -2.59. The summed E-state index contributed by atoms with van der Waals surface area (Å²) in [6.45, 7) is 8.73. The van der Waals surface area contributed by atoms with E-state index < -0.39 is 29.9 Å². The average Bonchev–Trinajstić information content (AvgIpc) is 3.14. The molecular weight excluding hydrogens is 674 g/mol. The van der Waals surface area contributed by atoms with Crippen LogP contribution in [-0.4, -0.2) is 116 Å². The molecule has 0 saturated heterocycles. The monoisotopic (exact) mass is 731 g/mol. The van der Waals surface area contributed by atoms with Crippen LogP contribution in [-0.2, 0) is 19.0 Å². The fourth-order valence-corrected chi connectivity index (χ4v) is 7.96. The first-order valence-electron chi connectivity index (χ1n) is 18.5. The van der Waals surface area contributed by atoms with Gasteiger partial charge < -0.3 is 49.2 Å². The molecule has 14 heteroatoms. The van der Waals surface area contributed by atoms with Gasteiger partial charge >= 0.3 is 12.2 Å². The quantitative estimate of drug-likeness (QED) is 0.0794. The molecule has 2 aliphatic carbocycles. The van der Waals surface area contributed by atoms with Gasteiger partial charge in [-0.25, -0.2) is 9.59 Å². The molecule has 52 heavy (non-hydrogen) atoms. The normalized spacial score (nSPS) is 25.2. The van der Waals surface area contributed by atoms with Crippen LogP contribution in [0.2, 0.25) is 0 Å². The Morgan fingerprint density at radius 3 is 2.54 bits per heavy atom. The molecule has 4 N–H and O–H groups in total. The van der Waals surface area contributed by atoms with Gasteiger partial charge in [-0.1, -0.05) is 30.1 Å². The van der Waals surface area contributed by atoms with E-state index in [9.17, 15) is 24.9 Å².